The largest absolute Gasteiger partial charge is 0.494 e. The first-order valence-electron chi connectivity index (χ1n) is 9.70. The second kappa shape index (κ2) is 8.09. The Morgan fingerprint density at radius 3 is 2.42 bits per heavy atom. The number of ketones is 1. The molecule has 0 aliphatic rings. The second-order valence-corrected chi connectivity index (χ2v) is 8.04. The maximum Gasteiger partial charge on any atom is 0.205 e. The number of aromatic nitrogens is 1. The molecule has 0 fully saturated rings. The number of pyridine rings is 1. The molecule has 2 heterocycles. The molecule has 0 radical (unpaired) electrons. The summed E-state index contributed by atoms with van der Waals surface area (Å²) in [5, 5.41) is 10.3. The van der Waals surface area contributed by atoms with Crippen molar-refractivity contribution in [2.75, 3.05) is 18.1 Å². The van der Waals surface area contributed by atoms with Gasteiger partial charge in [0, 0.05) is 16.5 Å². The number of nitrogens with two attached hydrogens (primary N) is 2. The lowest BCUT2D eigenvalue weighted by Crippen LogP contribution is -2.03. The van der Waals surface area contributed by atoms with Gasteiger partial charge in [-0.1, -0.05) is 29.8 Å². The molecule has 2 aromatic heterocycles. The summed E-state index contributed by atoms with van der Waals surface area (Å²) >= 11 is 1.18. The molecule has 0 aliphatic carbocycles. The molecule has 0 unspecified atom stereocenters. The number of anilines is 2. The lowest BCUT2D eigenvalue weighted by atomic mass is 9.96. The van der Waals surface area contributed by atoms with Crippen LogP contribution in [0.3, 0.4) is 0 Å². The van der Waals surface area contributed by atoms with E-state index in [-0.39, 0.29) is 17.2 Å². The summed E-state index contributed by atoms with van der Waals surface area (Å²) < 4.78 is 5.44. The average Bonchev–Trinajstić information content (AvgIpc) is 3.09. The number of thiophene rings is 1. The van der Waals surface area contributed by atoms with Gasteiger partial charge in [-0.15, -0.1) is 11.3 Å². The van der Waals surface area contributed by atoms with Crippen LogP contribution in [0, 0.1) is 18.3 Å². The minimum absolute atomic E-state index is 0.117. The molecular formula is C24H20N4O2S. The number of hydrogen-bond acceptors (Lipinski definition) is 7. The molecule has 2 aromatic carbocycles. The standard InChI is InChI=1S/C24H20N4O2S/c1-3-30-16-10-8-15(9-11-16)21(29)22-20(26)19-18(14-6-4-13(2)5-7-14)17(12-25)23(27)28-24(19)31-22/h4-11H,3,26H2,1-2H3,(H2,27,28). The number of benzene rings is 2. The third-order valence-corrected chi connectivity index (χ3v) is 6.09. The van der Waals surface area contributed by atoms with E-state index in [9.17, 15) is 10.1 Å². The number of aryl methyl sites for hydroxylation is 1. The second-order valence-electron chi connectivity index (χ2n) is 7.04. The summed E-state index contributed by atoms with van der Waals surface area (Å²) in [7, 11) is 0. The van der Waals surface area contributed by atoms with Gasteiger partial charge in [0.15, 0.2) is 0 Å². The van der Waals surface area contributed by atoms with Gasteiger partial charge >= 0.3 is 0 Å². The van der Waals surface area contributed by atoms with Crippen LogP contribution in [0.2, 0.25) is 0 Å². The molecular weight excluding hydrogens is 408 g/mol. The monoisotopic (exact) mass is 428 g/mol. The van der Waals surface area contributed by atoms with Crippen molar-refractivity contribution >= 4 is 38.8 Å². The molecule has 0 aliphatic heterocycles. The van der Waals surface area contributed by atoms with Crippen LogP contribution in [0.25, 0.3) is 21.3 Å². The van der Waals surface area contributed by atoms with Crippen LogP contribution < -0.4 is 16.2 Å². The molecule has 4 N–H and O–H groups in total. The van der Waals surface area contributed by atoms with Crippen molar-refractivity contribution in [3.8, 4) is 22.9 Å². The molecule has 0 spiro atoms. The molecule has 31 heavy (non-hydrogen) atoms. The van der Waals surface area contributed by atoms with E-state index in [0.717, 1.165) is 11.1 Å². The average molecular weight is 429 g/mol. The summed E-state index contributed by atoms with van der Waals surface area (Å²) in [5.41, 5.74) is 16.1. The fourth-order valence-corrected chi connectivity index (χ4v) is 4.54. The highest BCUT2D eigenvalue weighted by atomic mass is 32.1. The van der Waals surface area contributed by atoms with Crippen LogP contribution >= 0.6 is 11.3 Å². The van der Waals surface area contributed by atoms with E-state index in [0.29, 0.717) is 44.3 Å². The Balaban J connectivity index is 1.91. The molecule has 0 atom stereocenters. The van der Waals surface area contributed by atoms with Gasteiger partial charge < -0.3 is 16.2 Å². The van der Waals surface area contributed by atoms with E-state index >= 15 is 0 Å². The van der Waals surface area contributed by atoms with Crippen molar-refractivity contribution in [1.82, 2.24) is 4.98 Å². The smallest absolute Gasteiger partial charge is 0.205 e. The van der Waals surface area contributed by atoms with Gasteiger partial charge in [0.2, 0.25) is 5.78 Å². The van der Waals surface area contributed by atoms with Crippen LogP contribution in [0.1, 0.15) is 33.3 Å². The fraction of sp³-hybridized carbons (Fsp3) is 0.125. The maximum atomic E-state index is 13.2. The maximum absolute atomic E-state index is 13.2. The number of nitriles is 1. The topological polar surface area (TPSA) is 115 Å². The first-order valence-corrected chi connectivity index (χ1v) is 10.5. The Kier molecular flexibility index (Phi) is 5.32. The Hall–Kier alpha value is -3.89. The third-order valence-electron chi connectivity index (χ3n) is 4.99. The lowest BCUT2D eigenvalue weighted by molar-refractivity contribution is 0.104. The van der Waals surface area contributed by atoms with Crippen molar-refractivity contribution in [3.63, 3.8) is 0 Å². The summed E-state index contributed by atoms with van der Waals surface area (Å²) in [6.45, 7) is 4.43. The summed E-state index contributed by atoms with van der Waals surface area (Å²) in [6, 6.07) is 16.8. The Labute approximate surface area is 183 Å². The van der Waals surface area contributed by atoms with Crippen molar-refractivity contribution in [2.45, 2.75) is 13.8 Å². The number of carbonyl (C=O) groups is 1. The van der Waals surface area contributed by atoms with Crippen molar-refractivity contribution in [1.29, 1.82) is 5.26 Å². The number of fused-ring (bicyclic) bond motifs is 1. The summed E-state index contributed by atoms with van der Waals surface area (Å²) in [5.74, 6) is 0.598. The lowest BCUT2D eigenvalue weighted by Gasteiger charge is -2.10. The number of hydrogen-bond donors (Lipinski definition) is 2. The number of nitrogens with zero attached hydrogens (tertiary/aromatic N) is 2. The zero-order valence-corrected chi connectivity index (χ0v) is 17.9. The van der Waals surface area contributed by atoms with E-state index < -0.39 is 0 Å². The van der Waals surface area contributed by atoms with Gasteiger partial charge in [0.25, 0.3) is 0 Å². The van der Waals surface area contributed by atoms with Crippen molar-refractivity contribution in [3.05, 3.63) is 70.1 Å². The fourth-order valence-electron chi connectivity index (χ4n) is 3.46. The Morgan fingerprint density at radius 1 is 1.13 bits per heavy atom. The van der Waals surface area contributed by atoms with Crippen molar-refractivity contribution < 1.29 is 9.53 Å². The van der Waals surface area contributed by atoms with Crippen molar-refractivity contribution in [2.24, 2.45) is 0 Å². The SMILES string of the molecule is CCOc1ccc(C(=O)c2sc3nc(N)c(C#N)c(-c4ccc(C)cc4)c3c2N)cc1. The van der Waals surface area contributed by atoms with Crippen LogP contribution in [0.15, 0.2) is 48.5 Å². The number of ether oxygens (including phenoxy) is 1. The predicted octanol–water partition coefficient (Wildman–Crippen LogP) is 4.94. The van der Waals surface area contributed by atoms with Crippen LogP contribution in [-0.4, -0.2) is 17.4 Å². The first kappa shape index (κ1) is 20.4. The molecule has 0 saturated heterocycles. The molecule has 0 saturated carbocycles. The van der Waals surface area contributed by atoms with Crippen LogP contribution in [0.5, 0.6) is 5.75 Å². The zero-order valence-electron chi connectivity index (χ0n) is 17.1. The molecule has 4 aromatic rings. The number of carbonyl (C=O) groups excluding carboxylic acids is 1. The summed E-state index contributed by atoms with van der Waals surface area (Å²) in [4.78, 5) is 18.5. The van der Waals surface area contributed by atoms with Gasteiger partial charge in [0.05, 0.1) is 12.3 Å². The van der Waals surface area contributed by atoms with E-state index in [1.54, 1.807) is 24.3 Å². The molecule has 0 bridgehead atoms. The highest BCUT2D eigenvalue weighted by Gasteiger charge is 2.24. The highest BCUT2D eigenvalue weighted by molar-refractivity contribution is 7.21. The normalized spacial score (nSPS) is 10.7. The number of nitrogen functional groups attached to an aromatic ring is 2. The first-order chi connectivity index (χ1) is 14.9. The quantitative estimate of drug-likeness (QED) is 0.435. The Morgan fingerprint density at radius 2 is 1.81 bits per heavy atom. The van der Waals surface area contributed by atoms with E-state index in [1.807, 2.05) is 38.1 Å². The predicted molar refractivity (Wildman–Crippen MR) is 124 cm³/mol. The summed E-state index contributed by atoms with van der Waals surface area (Å²) in [6.07, 6.45) is 0. The minimum Gasteiger partial charge on any atom is -0.494 e. The molecule has 4 rings (SSSR count). The van der Waals surface area contributed by atoms with Gasteiger partial charge in [-0.05, 0) is 43.7 Å². The van der Waals surface area contributed by atoms with E-state index in [2.05, 4.69) is 11.1 Å². The third kappa shape index (κ3) is 3.58. The van der Waals surface area contributed by atoms with Gasteiger partial charge in [-0.3, -0.25) is 4.79 Å². The van der Waals surface area contributed by atoms with Gasteiger partial charge in [-0.2, -0.15) is 5.26 Å². The minimum atomic E-state index is -0.213. The molecule has 7 heteroatoms. The zero-order chi connectivity index (χ0) is 22.1. The Bertz CT molecular complexity index is 1330. The van der Waals surface area contributed by atoms with Crippen LogP contribution in [0.4, 0.5) is 11.5 Å². The highest BCUT2D eigenvalue weighted by Crippen LogP contribution is 2.43. The van der Waals surface area contributed by atoms with E-state index in [4.69, 9.17) is 16.2 Å². The van der Waals surface area contributed by atoms with E-state index in [1.165, 1.54) is 11.3 Å². The molecule has 154 valence electrons. The number of rotatable bonds is 5. The van der Waals surface area contributed by atoms with Crippen LogP contribution in [-0.2, 0) is 0 Å². The van der Waals surface area contributed by atoms with Gasteiger partial charge in [0.1, 0.15) is 32.9 Å². The molecule has 6 nitrogen and oxygen atoms in total. The molecule has 0 amide bonds. The van der Waals surface area contributed by atoms with Gasteiger partial charge in [-0.25, -0.2) is 4.98 Å².